The van der Waals surface area contributed by atoms with Crippen molar-refractivity contribution in [2.45, 2.75) is 18.6 Å². The molecule has 1 aromatic rings. The zero-order chi connectivity index (χ0) is 15.6. The molecule has 1 aromatic carbocycles. The second kappa shape index (κ2) is 5.35. The van der Waals surface area contributed by atoms with E-state index in [1.165, 1.54) is 19.1 Å². The lowest BCUT2D eigenvalue weighted by Crippen LogP contribution is -2.34. The first-order chi connectivity index (χ1) is 9.82. The van der Waals surface area contributed by atoms with Gasteiger partial charge in [-0.25, -0.2) is 9.18 Å². The highest BCUT2D eigenvalue weighted by molar-refractivity contribution is 5.89. The number of benzene rings is 1. The van der Waals surface area contributed by atoms with Gasteiger partial charge in [0.1, 0.15) is 0 Å². The second-order valence-electron chi connectivity index (χ2n) is 4.69. The van der Waals surface area contributed by atoms with Crippen LogP contribution in [-0.2, 0) is 15.3 Å². The topological polar surface area (TPSA) is 105 Å². The van der Waals surface area contributed by atoms with Crippen molar-refractivity contribution in [2.24, 2.45) is 10.7 Å². The van der Waals surface area contributed by atoms with Crippen LogP contribution in [0.3, 0.4) is 0 Å². The highest BCUT2D eigenvalue weighted by Gasteiger charge is 2.35. The van der Waals surface area contributed by atoms with E-state index in [0.717, 1.165) is 12.3 Å². The maximum absolute atomic E-state index is 14.9. The maximum atomic E-state index is 14.9. The number of amides is 1. The number of nitrogens with two attached hydrogens (primary N) is 1. The van der Waals surface area contributed by atoms with E-state index in [2.05, 4.69) is 10.3 Å². The quantitative estimate of drug-likeness (QED) is 0.778. The van der Waals surface area contributed by atoms with Gasteiger partial charge < -0.3 is 16.2 Å². The van der Waals surface area contributed by atoms with Gasteiger partial charge in [-0.05, 0) is 18.2 Å². The highest BCUT2D eigenvalue weighted by atomic mass is 19.1. The minimum Gasteiger partial charge on any atom is -0.479 e. The third-order valence-corrected chi connectivity index (χ3v) is 2.96. The van der Waals surface area contributed by atoms with E-state index >= 15 is 0 Å². The van der Waals surface area contributed by atoms with Gasteiger partial charge in [-0.2, -0.15) is 0 Å². The number of carboxylic acid groups (broad SMARTS) is 1. The molecular formula is C14H14FN3O3. The summed E-state index contributed by atoms with van der Waals surface area (Å²) in [6, 6.07) is 4.86. The summed E-state index contributed by atoms with van der Waals surface area (Å²) in [6.45, 7) is 1.34. The number of halogens is 1. The number of hydrogen-bond donors (Lipinski definition) is 3. The second-order valence-corrected chi connectivity index (χ2v) is 4.69. The molecule has 0 fully saturated rings. The summed E-state index contributed by atoms with van der Waals surface area (Å²) in [5, 5.41) is 11.4. The summed E-state index contributed by atoms with van der Waals surface area (Å²) in [5.74, 6) is -1.52. The van der Waals surface area contributed by atoms with Gasteiger partial charge in [-0.15, -0.1) is 0 Å². The van der Waals surface area contributed by atoms with Crippen molar-refractivity contribution in [2.75, 3.05) is 5.32 Å². The van der Waals surface area contributed by atoms with E-state index < -0.39 is 17.7 Å². The number of nitrogens with zero attached hydrogens (tertiary/aromatic N) is 1. The molecule has 6 nitrogen and oxygen atoms in total. The van der Waals surface area contributed by atoms with Crippen LogP contribution in [0.5, 0.6) is 0 Å². The Morgan fingerprint density at radius 1 is 1.48 bits per heavy atom. The molecule has 1 amide bonds. The summed E-state index contributed by atoms with van der Waals surface area (Å²) >= 11 is 0. The molecular weight excluding hydrogens is 277 g/mol. The summed E-state index contributed by atoms with van der Waals surface area (Å²) < 4.78 is 14.9. The zero-order valence-corrected chi connectivity index (χ0v) is 11.2. The fourth-order valence-electron chi connectivity index (χ4n) is 2.03. The summed E-state index contributed by atoms with van der Waals surface area (Å²) in [4.78, 5) is 25.6. The van der Waals surface area contributed by atoms with Crippen molar-refractivity contribution >= 4 is 23.8 Å². The predicted molar refractivity (Wildman–Crippen MR) is 75.7 cm³/mol. The van der Waals surface area contributed by atoms with Gasteiger partial charge >= 0.3 is 5.97 Å². The van der Waals surface area contributed by atoms with E-state index in [1.54, 1.807) is 12.1 Å². The van der Waals surface area contributed by atoms with Gasteiger partial charge in [-0.3, -0.25) is 9.79 Å². The molecule has 110 valence electrons. The van der Waals surface area contributed by atoms with Crippen LogP contribution in [0.25, 0.3) is 0 Å². The summed E-state index contributed by atoms with van der Waals surface area (Å²) in [7, 11) is 0. The number of anilines is 1. The molecule has 21 heavy (non-hydrogen) atoms. The Balaban J connectivity index is 2.36. The van der Waals surface area contributed by atoms with Crippen molar-refractivity contribution in [3.8, 4) is 0 Å². The molecule has 0 radical (unpaired) electrons. The van der Waals surface area contributed by atoms with Crippen LogP contribution in [0, 0.1) is 0 Å². The smallest absolute Gasteiger partial charge is 0.334 e. The zero-order valence-electron chi connectivity index (χ0n) is 11.2. The number of carbonyl (C=O) groups excluding carboxylic acids is 1. The Labute approximate surface area is 120 Å². The average Bonchev–Trinajstić information content (AvgIpc) is 2.37. The van der Waals surface area contributed by atoms with E-state index in [0.29, 0.717) is 5.69 Å². The molecule has 0 saturated heterocycles. The van der Waals surface area contributed by atoms with Crippen LogP contribution in [0.2, 0.25) is 0 Å². The van der Waals surface area contributed by atoms with Crippen LogP contribution in [0.4, 0.5) is 10.1 Å². The Morgan fingerprint density at radius 2 is 2.19 bits per heavy atom. The molecule has 0 saturated carbocycles. The number of dihydropyridines is 1. The van der Waals surface area contributed by atoms with E-state index in [9.17, 15) is 14.0 Å². The van der Waals surface area contributed by atoms with Crippen LogP contribution in [0.15, 0.2) is 41.0 Å². The maximum Gasteiger partial charge on any atom is 0.334 e. The molecule has 4 N–H and O–H groups in total. The van der Waals surface area contributed by atoms with E-state index in [1.807, 2.05) is 0 Å². The minimum absolute atomic E-state index is 0.169. The largest absolute Gasteiger partial charge is 0.479 e. The number of nitrogens with one attached hydrogen (secondary N) is 1. The molecule has 7 heteroatoms. The SMILES string of the molecule is CC(=O)Nc1cccc(C2(F)C=NC(C(=O)O)C(N)=C2)c1. The number of carboxylic acids is 1. The van der Waals surface area contributed by atoms with Gasteiger partial charge in [0.05, 0.1) is 0 Å². The predicted octanol–water partition coefficient (Wildman–Crippen LogP) is 1.19. The first kappa shape index (κ1) is 14.7. The number of aliphatic imine (C=N–C) groups is 1. The van der Waals surface area contributed by atoms with Crippen LogP contribution < -0.4 is 11.1 Å². The Morgan fingerprint density at radius 3 is 2.76 bits per heavy atom. The average molecular weight is 291 g/mol. The van der Waals surface area contributed by atoms with Crippen LogP contribution in [-0.4, -0.2) is 29.2 Å². The van der Waals surface area contributed by atoms with Crippen LogP contribution >= 0.6 is 0 Å². The van der Waals surface area contributed by atoms with Crippen molar-refractivity contribution in [1.29, 1.82) is 0 Å². The number of carbonyl (C=O) groups is 2. The Bertz CT molecular complexity index is 657. The number of aliphatic carboxylic acids is 1. The first-order valence-corrected chi connectivity index (χ1v) is 6.14. The monoisotopic (exact) mass is 291 g/mol. The van der Waals surface area contributed by atoms with Crippen molar-refractivity contribution in [3.63, 3.8) is 0 Å². The van der Waals surface area contributed by atoms with Gasteiger partial charge in [0.2, 0.25) is 5.91 Å². The lowest BCUT2D eigenvalue weighted by atomic mass is 9.92. The van der Waals surface area contributed by atoms with Gasteiger partial charge in [0, 0.05) is 30.1 Å². The fraction of sp³-hybridized carbons (Fsp3) is 0.214. The third-order valence-electron chi connectivity index (χ3n) is 2.96. The molecule has 2 unspecified atom stereocenters. The molecule has 0 aliphatic carbocycles. The van der Waals surface area contributed by atoms with Crippen LogP contribution in [0.1, 0.15) is 12.5 Å². The van der Waals surface area contributed by atoms with Crippen molar-refractivity contribution in [1.82, 2.24) is 0 Å². The van der Waals surface area contributed by atoms with E-state index in [-0.39, 0.29) is 17.2 Å². The molecule has 0 aromatic heterocycles. The number of alkyl halides is 1. The molecule has 1 aliphatic heterocycles. The number of allylic oxidation sites excluding steroid dienone is 1. The molecule has 1 heterocycles. The molecule has 2 atom stereocenters. The number of rotatable bonds is 3. The Hall–Kier alpha value is -2.70. The first-order valence-electron chi connectivity index (χ1n) is 6.14. The minimum atomic E-state index is -2.11. The fourth-order valence-corrected chi connectivity index (χ4v) is 2.03. The van der Waals surface area contributed by atoms with Gasteiger partial charge in [0.15, 0.2) is 11.7 Å². The lowest BCUT2D eigenvalue weighted by molar-refractivity contribution is -0.137. The van der Waals surface area contributed by atoms with Crippen molar-refractivity contribution < 1.29 is 19.1 Å². The Kier molecular flexibility index (Phi) is 3.75. The van der Waals surface area contributed by atoms with Gasteiger partial charge in [-0.1, -0.05) is 12.1 Å². The third kappa shape index (κ3) is 3.07. The van der Waals surface area contributed by atoms with E-state index in [4.69, 9.17) is 10.8 Å². The normalized spacial score (nSPS) is 24.3. The summed E-state index contributed by atoms with van der Waals surface area (Å²) in [6.07, 6.45) is 1.93. The molecule has 2 rings (SSSR count). The molecule has 0 spiro atoms. The van der Waals surface area contributed by atoms with Crippen molar-refractivity contribution in [3.05, 3.63) is 41.6 Å². The molecule has 0 bridgehead atoms. The molecule has 1 aliphatic rings. The summed E-state index contributed by atoms with van der Waals surface area (Å²) in [5.41, 5.74) is 3.92. The number of hydrogen-bond acceptors (Lipinski definition) is 4. The van der Waals surface area contributed by atoms with Gasteiger partial charge in [0.25, 0.3) is 0 Å². The highest BCUT2D eigenvalue weighted by Crippen LogP contribution is 2.31. The standard InChI is InChI=1S/C14H14FN3O3/c1-8(19)18-10-4-2-3-9(5-10)14(15)6-11(16)12(13(20)21)17-7-14/h2-7,12H,16H2,1H3,(H,18,19)(H,20,21). The lowest BCUT2D eigenvalue weighted by Gasteiger charge is -2.24.